The summed E-state index contributed by atoms with van der Waals surface area (Å²) < 4.78 is 52.4. The van der Waals surface area contributed by atoms with Crippen LogP contribution in [0.3, 0.4) is 0 Å². The molecule has 5 nitrogen and oxygen atoms in total. The lowest BCUT2D eigenvalue weighted by molar-refractivity contribution is 0.354. The Morgan fingerprint density at radius 2 is 1.48 bits per heavy atom. The Bertz CT molecular complexity index is 1070. The molecular weight excluding hydrogens is 393 g/mol. The van der Waals surface area contributed by atoms with E-state index in [1.165, 1.54) is 54.9 Å². The van der Waals surface area contributed by atoms with Crippen LogP contribution in [0.2, 0.25) is 0 Å². The number of ether oxygens (including phenoxy) is 2. The smallest absolute Gasteiger partial charge is 0.264 e. The van der Waals surface area contributed by atoms with Gasteiger partial charge in [-0.3, -0.25) is 4.31 Å². The molecule has 0 spiro atoms. The average Bonchev–Trinajstić information content (AvgIpc) is 2.75. The van der Waals surface area contributed by atoms with E-state index in [4.69, 9.17) is 9.47 Å². The Balaban J connectivity index is 2.14. The molecule has 0 unspecified atom stereocenters. The van der Waals surface area contributed by atoms with E-state index in [9.17, 15) is 12.8 Å². The lowest BCUT2D eigenvalue weighted by atomic mass is 10.1. The Morgan fingerprint density at radius 1 is 0.862 bits per heavy atom. The summed E-state index contributed by atoms with van der Waals surface area (Å²) in [6, 6.07) is 18.2. The number of hydrogen-bond acceptors (Lipinski definition) is 4. The van der Waals surface area contributed by atoms with Gasteiger partial charge in [-0.15, -0.1) is 0 Å². The van der Waals surface area contributed by atoms with Crippen molar-refractivity contribution >= 4 is 15.7 Å². The molecule has 0 heterocycles. The first-order valence-electron chi connectivity index (χ1n) is 8.95. The number of rotatable bonds is 7. The molecule has 7 heteroatoms. The van der Waals surface area contributed by atoms with E-state index >= 15 is 0 Å². The van der Waals surface area contributed by atoms with Gasteiger partial charge in [-0.05, 0) is 61.0 Å². The molecule has 0 radical (unpaired) electrons. The first kappa shape index (κ1) is 20.7. The first-order chi connectivity index (χ1) is 13.9. The molecule has 0 aliphatic heterocycles. The van der Waals surface area contributed by atoms with Gasteiger partial charge < -0.3 is 9.47 Å². The van der Waals surface area contributed by atoms with Crippen LogP contribution in [-0.2, 0) is 10.0 Å². The molecule has 0 aliphatic rings. The molecule has 0 aromatic heterocycles. The van der Waals surface area contributed by atoms with Gasteiger partial charge in [0.1, 0.15) is 5.82 Å². The molecule has 3 aromatic carbocycles. The second-order valence-electron chi connectivity index (χ2n) is 6.38. The largest absolute Gasteiger partial charge is 0.493 e. The molecule has 0 saturated heterocycles. The standard InChI is InChI=1S/C22H22FNO4S/c1-16(17-9-14-21(27-2)22(15-17)28-3)24(19-12-10-18(23)11-13-19)29(25,26)20-7-5-4-6-8-20/h4-16H,1-3H3/t16-/m0/s1. The van der Waals surface area contributed by atoms with Crippen molar-refractivity contribution in [3.63, 3.8) is 0 Å². The number of sulfonamides is 1. The van der Waals surface area contributed by atoms with Gasteiger partial charge in [0.15, 0.2) is 11.5 Å². The molecule has 0 amide bonds. The minimum atomic E-state index is -3.91. The van der Waals surface area contributed by atoms with Crippen LogP contribution in [0.15, 0.2) is 77.7 Å². The number of anilines is 1. The summed E-state index contributed by atoms with van der Waals surface area (Å²) in [7, 11) is -0.859. The number of hydrogen-bond donors (Lipinski definition) is 0. The molecule has 0 saturated carbocycles. The molecule has 3 rings (SSSR count). The third-order valence-electron chi connectivity index (χ3n) is 4.62. The van der Waals surface area contributed by atoms with Crippen LogP contribution in [-0.4, -0.2) is 22.6 Å². The summed E-state index contributed by atoms with van der Waals surface area (Å²) in [4.78, 5) is 0.150. The third-order valence-corrected chi connectivity index (χ3v) is 6.54. The van der Waals surface area contributed by atoms with Gasteiger partial charge in [0.25, 0.3) is 10.0 Å². The lowest BCUT2D eigenvalue weighted by Crippen LogP contribution is -2.33. The predicted octanol–water partition coefficient (Wildman–Crippen LogP) is 4.80. The Morgan fingerprint density at radius 3 is 2.07 bits per heavy atom. The summed E-state index contributed by atoms with van der Waals surface area (Å²) in [5.41, 5.74) is 1.06. The van der Waals surface area contributed by atoms with Crippen LogP contribution in [0.4, 0.5) is 10.1 Å². The van der Waals surface area contributed by atoms with E-state index in [2.05, 4.69) is 0 Å². The van der Waals surface area contributed by atoms with Gasteiger partial charge >= 0.3 is 0 Å². The van der Waals surface area contributed by atoms with Gasteiger partial charge in [-0.25, -0.2) is 12.8 Å². The van der Waals surface area contributed by atoms with Crippen LogP contribution in [0.5, 0.6) is 11.5 Å². The van der Waals surface area contributed by atoms with E-state index in [-0.39, 0.29) is 4.90 Å². The quantitative estimate of drug-likeness (QED) is 0.556. The molecule has 3 aromatic rings. The van der Waals surface area contributed by atoms with Crippen LogP contribution in [0, 0.1) is 5.82 Å². The normalized spacial score (nSPS) is 12.3. The minimum Gasteiger partial charge on any atom is -0.493 e. The number of nitrogens with zero attached hydrogens (tertiary/aromatic N) is 1. The highest BCUT2D eigenvalue weighted by Crippen LogP contribution is 2.36. The van der Waals surface area contributed by atoms with Crippen molar-refractivity contribution in [3.8, 4) is 11.5 Å². The monoisotopic (exact) mass is 415 g/mol. The maximum absolute atomic E-state index is 13.5. The highest BCUT2D eigenvalue weighted by Gasteiger charge is 2.30. The highest BCUT2D eigenvalue weighted by atomic mass is 32.2. The van der Waals surface area contributed by atoms with Gasteiger partial charge in [-0.2, -0.15) is 0 Å². The second kappa shape index (κ2) is 8.53. The number of methoxy groups -OCH3 is 2. The Kier molecular flexibility index (Phi) is 6.08. The van der Waals surface area contributed by atoms with E-state index in [0.29, 0.717) is 22.7 Å². The minimum absolute atomic E-state index is 0.150. The van der Waals surface area contributed by atoms with E-state index < -0.39 is 21.9 Å². The topological polar surface area (TPSA) is 55.8 Å². The fourth-order valence-corrected chi connectivity index (χ4v) is 4.78. The molecule has 0 aliphatic carbocycles. The first-order valence-corrected chi connectivity index (χ1v) is 10.4. The zero-order valence-corrected chi connectivity index (χ0v) is 17.2. The summed E-state index contributed by atoms with van der Waals surface area (Å²) in [6.45, 7) is 1.77. The summed E-state index contributed by atoms with van der Waals surface area (Å²) in [5, 5.41) is 0. The average molecular weight is 415 g/mol. The predicted molar refractivity (Wildman–Crippen MR) is 110 cm³/mol. The van der Waals surface area contributed by atoms with Crippen LogP contribution >= 0.6 is 0 Å². The molecule has 0 bridgehead atoms. The SMILES string of the molecule is COc1ccc([C@H](C)N(c2ccc(F)cc2)S(=O)(=O)c2ccccc2)cc1OC. The van der Waals surface area contributed by atoms with Gasteiger partial charge in [0, 0.05) is 0 Å². The second-order valence-corrected chi connectivity index (χ2v) is 8.20. The summed E-state index contributed by atoms with van der Waals surface area (Å²) >= 11 is 0. The number of halogens is 1. The van der Waals surface area contributed by atoms with E-state index in [1.54, 1.807) is 43.3 Å². The highest BCUT2D eigenvalue weighted by molar-refractivity contribution is 7.92. The Hall–Kier alpha value is -3.06. The van der Waals surface area contributed by atoms with Crippen molar-refractivity contribution in [3.05, 3.63) is 84.2 Å². The fourth-order valence-electron chi connectivity index (χ4n) is 3.11. The van der Waals surface area contributed by atoms with Crippen molar-refractivity contribution in [1.29, 1.82) is 0 Å². The maximum Gasteiger partial charge on any atom is 0.264 e. The molecule has 1 atom stereocenters. The van der Waals surface area contributed by atoms with E-state index in [0.717, 1.165) is 0 Å². The molecule has 152 valence electrons. The summed E-state index contributed by atoms with van der Waals surface area (Å²) in [5.74, 6) is 0.597. The zero-order chi connectivity index (χ0) is 21.0. The molecule has 0 fully saturated rings. The van der Waals surface area contributed by atoms with Crippen LogP contribution in [0.25, 0.3) is 0 Å². The fraction of sp³-hybridized carbons (Fsp3) is 0.182. The van der Waals surface area contributed by atoms with Crippen molar-refractivity contribution in [2.45, 2.75) is 17.9 Å². The van der Waals surface area contributed by atoms with Gasteiger partial charge in [-0.1, -0.05) is 24.3 Å². The molecular formula is C22H22FNO4S. The van der Waals surface area contributed by atoms with Gasteiger partial charge in [0.2, 0.25) is 0 Å². The molecule has 0 N–H and O–H groups in total. The van der Waals surface area contributed by atoms with Crippen LogP contribution < -0.4 is 13.8 Å². The lowest BCUT2D eigenvalue weighted by Gasteiger charge is -2.31. The summed E-state index contributed by atoms with van der Waals surface area (Å²) in [6.07, 6.45) is 0. The van der Waals surface area contributed by atoms with Crippen LogP contribution in [0.1, 0.15) is 18.5 Å². The van der Waals surface area contributed by atoms with Gasteiger partial charge in [0.05, 0.1) is 30.8 Å². The maximum atomic E-state index is 13.5. The Labute approximate surface area is 170 Å². The molecule has 29 heavy (non-hydrogen) atoms. The van der Waals surface area contributed by atoms with Crippen molar-refractivity contribution in [2.75, 3.05) is 18.5 Å². The van der Waals surface area contributed by atoms with Crippen molar-refractivity contribution in [2.24, 2.45) is 0 Å². The van der Waals surface area contributed by atoms with E-state index in [1.807, 2.05) is 0 Å². The van der Waals surface area contributed by atoms with Crippen molar-refractivity contribution < 1.29 is 22.3 Å². The third kappa shape index (κ3) is 4.19. The number of benzene rings is 3. The zero-order valence-electron chi connectivity index (χ0n) is 16.4. The van der Waals surface area contributed by atoms with Crippen molar-refractivity contribution in [1.82, 2.24) is 0 Å².